The van der Waals surface area contributed by atoms with E-state index in [0.29, 0.717) is 37.8 Å². The van der Waals surface area contributed by atoms with Gasteiger partial charge in [-0.25, -0.2) is 13.6 Å². The van der Waals surface area contributed by atoms with Crippen molar-refractivity contribution in [3.8, 4) is 0 Å². The standard InChI is InChI=1S/C20H23F2N3O/c1-14(2)16-5-3-4-6-19(16)23-20(26)25-11-9-24(10-12-25)15-7-8-17(21)18(22)13-15/h3-8,13-14H,9-12H2,1-2H3,(H,23,26). The smallest absolute Gasteiger partial charge is 0.321 e. The summed E-state index contributed by atoms with van der Waals surface area (Å²) < 4.78 is 26.5. The third-order valence-corrected chi connectivity index (χ3v) is 4.66. The average Bonchev–Trinajstić information content (AvgIpc) is 2.64. The molecular formula is C20H23F2N3O. The van der Waals surface area contributed by atoms with Crippen molar-refractivity contribution in [3.63, 3.8) is 0 Å². The van der Waals surface area contributed by atoms with Crippen LogP contribution in [0.2, 0.25) is 0 Å². The highest BCUT2D eigenvalue weighted by Gasteiger charge is 2.22. The van der Waals surface area contributed by atoms with E-state index >= 15 is 0 Å². The van der Waals surface area contributed by atoms with Crippen LogP contribution in [0.3, 0.4) is 0 Å². The average molecular weight is 359 g/mol. The maximum atomic E-state index is 13.4. The van der Waals surface area contributed by atoms with Crippen molar-refractivity contribution < 1.29 is 13.6 Å². The highest BCUT2D eigenvalue weighted by atomic mass is 19.2. The number of halogens is 2. The molecule has 0 unspecified atom stereocenters. The molecule has 2 aromatic rings. The van der Waals surface area contributed by atoms with E-state index in [2.05, 4.69) is 19.2 Å². The normalized spacial score (nSPS) is 14.7. The number of benzene rings is 2. The summed E-state index contributed by atoms with van der Waals surface area (Å²) in [7, 11) is 0. The van der Waals surface area contributed by atoms with Crippen molar-refractivity contribution >= 4 is 17.4 Å². The van der Waals surface area contributed by atoms with Crippen LogP contribution >= 0.6 is 0 Å². The number of urea groups is 1. The monoisotopic (exact) mass is 359 g/mol. The van der Waals surface area contributed by atoms with Gasteiger partial charge in [0.2, 0.25) is 0 Å². The minimum atomic E-state index is -0.854. The molecule has 138 valence electrons. The van der Waals surface area contributed by atoms with E-state index < -0.39 is 11.6 Å². The fourth-order valence-electron chi connectivity index (χ4n) is 3.16. The number of nitrogens with zero attached hydrogens (tertiary/aromatic N) is 2. The second-order valence-corrected chi connectivity index (χ2v) is 6.74. The van der Waals surface area contributed by atoms with E-state index in [9.17, 15) is 13.6 Å². The zero-order chi connectivity index (χ0) is 18.7. The Morgan fingerprint density at radius 1 is 1.00 bits per heavy atom. The highest BCUT2D eigenvalue weighted by Crippen LogP contribution is 2.24. The number of nitrogens with one attached hydrogen (secondary N) is 1. The number of hydrogen-bond acceptors (Lipinski definition) is 2. The molecule has 3 rings (SSSR count). The topological polar surface area (TPSA) is 35.6 Å². The Labute approximate surface area is 152 Å². The van der Waals surface area contributed by atoms with E-state index in [0.717, 1.165) is 17.3 Å². The first kappa shape index (κ1) is 18.2. The maximum Gasteiger partial charge on any atom is 0.321 e. The Bertz CT molecular complexity index is 786. The van der Waals surface area contributed by atoms with Gasteiger partial charge in [-0.15, -0.1) is 0 Å². The van der Waals surface area contributed by atoms with Crippen molar-refractivity contribution in [1.29, 1.82) is 0 Å². The van der Waals surface area contributed by atoms with E-state index in [1.165, 1.54) is 6.07 Å². The number of piperazine rings is 1. The van der Waals surface area contributed by atoms with Gasteiger partial charge < -0.3 is 15.1 Å². The van der Waals surface area contributed by atoms with Crippen LogP contribution in [0.25, 0.3) is 0 Å². The third kappa shape index (κ3) is 3.95. The van der Waals surface area contributed by atoms with Crippen molar-refractivity contribution in [2.45, 2.75) is 19.8 Å². The molecule has 1 saturated heterocycles. The van der Waals surface area contributed by atoms with E-state index in [1.807, 2.05) is 29.2 Å². The number of rotatable bonds is 3. The predicted octanol–water partition coefficient (Wildman–Crippen LogP) is 4.44. The summed E-state index contributed by atoms with van der Waals surface area (Å²) in [6.07, 6.45) is 0. The maximum absolute atomic E-state index is 13.4. The molecule has 6 heteroatoms. The van der Waals surface area contributed by atoms with Crippen LogP contribution in [-0.4, -0.2) is 37.1 Å². The van der Waals surface area contributed by atoms with E-state index in [1.54, 1.807) is 11.0 Å². The molecule has 1 heterocycles. The van der Waals surface area contributed by atoms with Crippen LogP contribution in [0.5, 0.6) is 0 Å². The van der Waals surface area contributed by atoms with Crippen molar-refractivity contribution in [3.05, 3.63) is 59.7 Å². The number of para-hydroxylation sites is 1. The quantitative estimate of drug-likeness (QED) is 0.879. The van der Waals surface area contributed by atoms with Gasteiger partial charge in [0, 0.05) is 43.6 Å². The highest BCUT2D eigenvalue weighted by molar-refractivity contribution is 5.90. The van der Waals surface area contributed by atoms with E-state index in [-0.39, 0.29) is 6.03 Å². The van der Waals surface area contributed by atoms with E-state index in [4.69, 9.17) is 0 Å². The second kappa shape index (κ2) is 7.72. The van der Waals surface area contributed by atoms with Gasteiger partial charge in [0.15, 0.2) is 11.6 Å². The fourth-order valence-corrected chi connectivity index (χ4v) is 3.16. The van der Waals surface area contributed by atoms with Gasteiger partial charge in [-0.1, -0.05) is 32.0 Å². The predicted molar refractivity (Wildman–Crippen MR) is 99.7 cm³/mol. The Morgan fingerprint density at radius 3 is 2.35 bits per heavy atom. The Balaban J connectivity index is 1.61. The molecule has 1 aliphatic heterocycles. The Kier molecular flexibility index (Phi) is 5.40. The first-order valence-electron chi connectivity index (χ1n) is 8.80. The second-order valence-electron chi connectivity index (χ2n) is 6.74. The number of anilines is 2. The van der Waals surface area contributed by atoms with Gasteiger partial charge in [0.05, 0.1) is 0 Å². The molecule has 0 aliphatic carbocycles. The number of amides is 2. The fraction of sp³-hybridized carbons (Fsp3) is 0.350. The first-order valence-corrected chi connectivity index (χ1v) is 8.80. The number of carbonyl (C=O) groups excluding carboxylic acids is 1. The molecule has 2 amide bonds. The summed E-state index contributed by atoms with van der Waals surface area (Å²) in [5, 5.41) is 2.99. The summed E-state index contributed by atoms with van der Waals surface area (Å²) in [6, 6.07) is 11.5. The molecule has 1 aliphatic rings. The van der Waals surface area contributed by atoms with Gasteiger partial charge in [-0.3, -0.25) is 0 Å². The van der Waals surface area contributed by atoms with Crippen molar-refractivity contribution in [1.82, 2.24) is 4.90 Å². The molecule has 26 heavy (non-hydrogen) atoms. The largest absolute Gasteiger partial charge is 0.368 e. The molecular weight excluding hydrogens is 336 g/mol. The summed E-state index contributed by atoms with van der Waals surface area (Å²) in [4.78, 5) is 16.3. The lowest BCUT2D eigenvalue weighted by Crippen LogP contribution is -2.50. The third-order valence-electron chi connectivity index (χ3n) is 4.66. The number of carbonyl (C=O) groups is 1. The summed E-state index contributed by atoms with van der Waals surface area (Å²) in [6.45, 7) is 6.37. The van der Waals surface area contributed by atoms with Gasteiger partial charge in [-0.05, 0) is 29.7 Å². The summed E-state index contributed by atoms with van der Waals surface area (Å²) >= 11 is 0. The SMILES string of the molecule is CC(C)c1ccccc1NC(=O)N1CCN(c2ccc(F)c(F)c2)CC1. The van der Waals surface area contributed by atoms with Crippen molar-refractivity contribution in [2.75, 3.05) is 36.4 Å². The summed E-state index contributed by atoms with van der Waals surface area (Å²) in [5.74, 6) is -1.39. The lowest BCUT2D eigenvalue weighted by atomic mass is 10.0. The lowest BCUT2D eigenvalue weighted by Gasteiger charge is -2.36. The molecule has 1 N–H and O–H groups in total. The van der Waals surface area contributed by atoms with Crippen LogP contribution in [0.15, 0.2) is 42.5 Å². The van der Waals surface area contributed by atoms with Crippen LogP contribution in [0, 0.1) is 11.6 Å². The molecule has 0 saturated carbocycles. The number of hydrogen-bond donors (Lipinski definition) is 1. The van der Waals surface area contributed by atoms with Crippen molar-refractivity contribution in [2.24, 2.45) is 0 Å². The van der Waals surface area contributed by atoms with Crippen LogP contribution in [0.1, 0.15) is 25.3 Å². The van der Waals surface area contributed by atoms with Crippen LogP contribution in [0.4, 0.5) is 25.0 Å². The van der Waals surface area contributed by atoms with Crippen LogP contribution < -0.4 is 10.2 Å². The zero-order valence-corrected chi connectivity index (χ0v) is 15.0. The first-order chi connectivity index (χ1) is 12.5. The molecule has 2 aromatic carbocycles. The Hall–Kier alpha value is -2.63. The minimum absolute atomic E-state index is 0.136. The van der Waals surface area contributed by atoms with Gasteiger partial charge in [0.25, 0.3) is 0 Å². The molecule has 0 atom stereocenters. The zero-order valence-electron chi connectivity index (χ0n) is 15.0. The summed E-state index contributed by atoms with van der Waals surface area (Å²) in [5.41, 5.74) is 2.56. The Morgan fingerprint density at radius 2 is 1.69 bits per heavy atom. The molecule has 0 aromatic heterocycles. The minimum Gasteiger partial charge on any atom is -0.368 e. The molecule has 0 spiro atoms. The van der Waals surface area contributed by atoms with Gasteiger partial charge >= 0.3 is 6.03 Å². The van der Waals surface area contributed by atoms with Gasteiger partial charge in [-0.2, -0.15) is 0 Å². The lowest BCUT2D eigenvalue weighted by molar-refractivity contribution is 0.208. The van der Waals surface area contributed by atoms with Gasteiger partial charge in [0.1, 0.15) is 0 Å². The molecule has 0 radical (unpaired) electrons. The van der Waals surface area contributed by atoms with Crippen LogP contribution in [-0.2, 0) is 0 Å². The molecule has 4 nitrogen and oxygen atoms in total. The molecule has 0 bridgehead atoms. The molecule has 1 fully saturated rings.